The lowest BCUT2D eigenvalue weighted by atomic mass is 10.0. The second-order valence-corrected chi connectivity index (χ2v) is 7.10. The molecule has 0 fully saturated rings. The number of carbonyl (C=O) groups excluding carboxylic acids is 2. The van der Waals surface area contributed by atoms with Gasteiger partial charge < -0.3 is 10.2 Å². The summed E-state index contributed by atoms with van der Waals surface area (Å²) in [5.74, 6) is -0.426. The predicted molar refractivity (Wildman–Crippen MR) is 113 cm³/mol. The number of amides is 2. The summed E-state index contributed by atoms with van der Waals surface area (Å²) in [6, 6.07) is 19.5. The molecule has 0 aliphatic rings. The molecule has 1 unspecified atom stereocenters. The van der Waals surface area contributed by atoms with Gasteiger partial charge in [-0.2, -0.15) is 0 Å². The minimum absolute atomic E-state index is 0.187. The SMILES string of the molecule is CC(=O)N(Cc1ccc(Cl)cc1)C(C(=O)NCc1ccncc1)c1ccccc1. The minimum atomic E-state index is -0.744. The minimum Gasteiger partial charge on any atom is -0.350 e. The number of hydrogen-bond donors (Lipinski definition) is 1. The molecule has 1 atom stereocenters. The molecule has 3 aromatic rings. The zero-order valence-corrected chi connectivity index (χ0v) is 16.8. The van der Waals surface area contributed by atoms with Crippen LogP contribution in [0.4, 0.5) is 0 Å². The first-order valence-corrected chi connectivity index (χ1v) is 9.65. The van der Waals surface area contributed by atoms with E-state index in [9.17, 15) is 9.59 Å². The number of rotatable bonds is 7. The molecule has 29 heavy (non-hydrogen) atoms. The second kappa shape index (κ2) is 9.85. The van der Waals surface area contributed by atoms with Gasteiger partial charge in [-0.15, -0.1) is 0 Å². The topological polar surface area (TPSA) is 62.3 Å². The quantitative estimate of drug-likeness (QED) is 0.640. The number of aromatic nitrogens is 1. The van der Waals surface area contributed by atoms with Crippen LogP contribution in [0.2, 0.25) is 5.02 Å². The zero-order valence-electron chi connectivity index (χ0n) is 16.1. The smallest absolute Gasteiger partial charge is 0.247 e. The molecule has 0 radical (unpaired) electrons. The molecule has 1 N–H and O–H groups in total. The lowest BCUT2D eigenvalue weighted by Crippen LogP contribution is -2.42. The summed E-state index contributed by atoms with van der Waals surface area (Å²) in [6.07, 6.45) is 3.36. The number of nitrogens with zero attached hydrogens (tertiary/aromatic N) is 2. The Morgan fingerprint density at radius 1 is 0.966 bits per heavy atom. The molecule has 3 rings (SSSR count). The molecule has 2 aromatic carbocycles. The molecule has 1 heterocycles. The summed E-state index contributed by atoms with van der Waals surface area (Å²) >= 11 is 5.97. The summed E-state index contributed by atoms with van der Waals surface area (Å²) in [4.78, 5) is 31.2. The number of benzene rings is 2. The third kappa shape index (κ3) is 5.65. The average molecular weight is 408 g/mol. The van der Waals surface area contributed by atoms with Crippen LogP contribution in [0.15, 0.2) is 79.1 Å². The van der Waals surface area contributed by atoms with Crippen LogP contribution in [0.25, 0.3) is 0 Å². The van der Waals surface area contributed by atoms with Crippen LogP contribution in [0.5, 0.6) is 0 Å². The first-order valence-electron chi connectivity index (χ1n) is 9.28. The Balaban J connectivity index is 1.86. The Morgan fingerprint density at radius 2 is 1.62 bits per heavy atom. The van der Waals surface area contributed by atoms with Crippen LogP contribution < -0.4 is 5.32 Å². The Kier molecular flexibility index (Phi) is 6.98. The van der Waals surface area contributed by atoms with E-state index in [1.54, 1.807) is 29.4 Å². The molecule has 0 saturated heterocycles. The van der Waals surface area contributed by atoms with Crippen LogP contribution >= 0.6 is 11.6 Å². The highest BCUT2D eigenvalue weighted by Crippen LogP contribution is 2.24. The van der Waals surface area contributed by atoms with Gasteiger partial charge in [0.25, 0.3) is 0 Å². The van der Waals surface area contributed by atoms with Gasteiger partial charge in [0.15, 0.2) is 0 Å². The summed E-state index contributed by atoms with van der Waals surface area (Å²) in [5, 5.41) is 3.57. The summed E-state index contributed by atoms with van der Waals surface area (Å²) in [5.41, 5.74) is 2.59. The number of pyridine rings is 1. The molecular formula is C23H22ClN3O2. The summed E-state index contributed by atoms with van der Waals surface area (Å²) < 4.78 is 0. The fourth-order valence-corrected chi connectivity index (χ4v) is 3.19. The molecule has 1 aromatic heterocycles. The summed E-state index contributed by atoms with van der Waals surface area (Å²) in [6.45, 7) is 2.13. The molecule has 0 spiro atoms. The number of hydrogen-bond acceptors (Lipinski definition) is 3. The molecule has 0 saturated carbocycles. The van der Waals surface area contributed by atoms with Gasteiger partial charge in [-0.05, 0) is 41.0 Å². The highest BCUT2D eigenvalue weighted by Gasteiger charge is 2.29. The molecule has 5 nitrogen and oxygen atoms in total. The lowest BCUT2D eigenvalue weighted by Gasteiger charge is -2.30. The van der Waals surface area contributed by atoms with Gasteiger partial charge in [0, 0.05) is 37.4 Å². The highest BCUT2D eigenvalue weighted by atomic mass is 35.5. The molecule has 148 valence electrons. The van der Waals surface area contributed by atoms with Gasteiger partial charge in [0.1, 0.15) is 6.04 Å². The van der Waals surface area contributed by atoms with E-state index in [-0.39, 0.29) is 11.8 Å². The van der Waals surface area contributed by atoms with Crippen molar-refractivity contribution in [3.05, 3.63) is 101 Å². The predicted octanol–water partition coefficient (Wildman–Crippen LogP) is 4.14. The van der Waals surface area contributed by atoms with E-state index in [0.29, 0.717) is 18.1 Å². The zero-order chi connectivity index (χ0) is 20.6. The standard InChI is InChI=1S/C23H22ClN3O2/c1-17(28)27(16-19-7-9-21(24)10-8-19)22(20-5-3-2-4-6-20)23(29)26-15-18-11-13-25-14-12-18/h2-14,22H,15-16H2,1H3,(H,26,29). The molecule has 0 aliphatic carbocycles. The second-order valence-electron chi connectivity index (χ2n) is 6.66. The lowest BCUT2D eigenvalue weighted by molar-refractivity contribution is -0.140. The van der Waals surface area contributed by atoms with E-state index in [1.165, 1.54) is 6.92 Å². The van der Waals surface area contributed by atoms with Crippen LogP contribution in [0, 0.1) is 0 Å². The van der Waals surface area contributed by atoms with Crippen LogP contribution in [0.1, 0.15) is 29.7 Å². The first-order chi connectivity index (χ1) is 14.0. The van der Waals surface area contributed by atoms with Crippen molar-refractivity contribution in [1.29, 1.82) is 0 Å². The van der Waals surface area contributed by atoms with Gasteiger partial charge in [-0.3, -0.25) is 14.6 Å². The molecule has 0 aliphatic heterocycles. The maximum Gasteiger partial charge on any atom is 0.247 e. The normalized spacial score (nSPS) is 11.5. The third-order valence-corrected chi connectivity index (χ3v) is 4.81. The maximum absolute atomic E-state index is 13.2. The van der Waals surface area contributed by atoms with Crippen molar-refractivity contribution in [3.63, 3.8) is 0 Å². The van der Waals surface area contributed by atoms with Gasteiger partial charge in [0.05, 0.1) is 0 Å². The number of halogens is 1. The molecule has 2 amide bonds. The maximum atomic E-state index is 13.2. The van der Waals surface area contributed by atoms with Crippen molar-refractivity contribution in [1.82, 2.24) is 15.2 Å². The number of nitrogens with one attached hydrogen (secondary N) is 1. The summed E-state index contributed by atoms with van der Waals surface area (Å²) in [7, 11) is 0. The van der Waals surface area contributed by atoms with Crippen molar-refractivity contribution in [2.24, 2.45) is 0 Å². The van der Waals surface area contributed by atoms with Crippen molar-refractivity contribution < 1.29 is 9.59 Å². The Morgan fingerprint density at radius 3 is 2.24 bits per heavy atom. The van der Waals surface area contributed by atoms with E-state index in [0.717, 1.165) is 16.7 Å². The number of carbonyl (C=O) groups is 2. The Labute approximate surface area is 175 Å². The van der Waals surface area contributed by atoms with Gasteiger partial charge >= 0.3 is 0 Å². The average Bonchev–Trinajstić information content (AvgIpc) is 2.74. The van der Waals surface area contributed by atoms with E-state index in [2.05, 4.69) is 10.3 Å². The van der Waals surface area contributed by atoms with Crippen LogP contribution in [-0.4, -0.2) is 21.7 Å². The van der Waals surface area contributed by atoms with Gasteiger partial charge in [-0.1, -0.05) is 54.1 Å². The monoisotopic (exact) mass is 407 g/mol. The third-order valence-electron chi connectivity index (χ3n) is 4.56. The van der Waals surface area contributed by atoms with E-state index < -0.39 is 6.04 Å². The van der Waals surface area contributed by atoms with Crippen molar-refractivity contribution in [2.45, 2.75) is 26.1 Å². The van der Waals surface area contributed by atoms with E-state index in [1.807, 2.05) is 54.6 Å². The molecular weight excluding hydrogens is 386 g/mol. The van der Waals surface area contributed by atoms with Gasteiger partial charge in [-0.25, -0.2) is 0 Å². The first kappa shape index (κ1) is 20.6. The fourth-order valence-electron chi connectivity index (χ4n) is 3.07. The van der Waals surface area contributed by atoms with Gasteiger partial charge in [0.2, 0.25) is 11.8 Å². The largest absolute Gasteiger partial charge is 0.350 e. The van der Waals surface area contributed by atoms with E-state index in [4.69, 9.17) is 11.6 Å². The molecule has 0 bridgehead atoms. The highest BCUT2D eigenvalue weighted by molar-refractivity contribution is 6.30. The van der Waals surface area contributed by atoms with E-state index >= 15 is 0 Å². The Hall–Kier alpha value is -3.18. The van der Waals surface area contributed by atoms with Crippen molar-refractivity contribution in [3.8, 4) is 0 Å². The Bertz CT molecular complexity index is 947. The van der Waals surface area contributed by atoms with Crippen LogP contribution in [0.3, 0.4) is 0 Å². The molecule has 6 heteroatoms. The fraction of sp³-hybridized carbons (Fsp3) is 0.174. The van der Waals surface area contributed by atoms with Crippen molar-refractivity contribution in [2.75, 3.05) is 0 Å². The van der Waals surface area contributed by atoms with Crippen LogP contribution in [-0.2, 0) is 22.7 Å². The van der Waals surface area contributed by atoms with Crippen molar-refractivity contribution >= 4 is 23.4 Å².